The van der Waals surface area contributed by atoms with Crippen molar-refractivity contribution in [2.75, 3.05) is 0 Å². The van der Waals surface area contributed by atoms with Crippen LogP contribution in [0.2, 0.25) is 0 Å². The lowest BCUT2D eigenvalue weighted by atomic mass is 10.1. The summed E-state index contributed by atoms with van der Waals surface area (Å²) >= 11 is 3.37. The highest BCUT2D eigenvalue weighted by atomic mass is 32.1. The van der Waals surface area contributed by atoms with E-state index in [9.17, 15) is 5.26 Å². The molecule has 0 atom stereocenters. The number of nitriles is 1. The van der Waals surface area contributed by atoms with Gasteiger partial charge in [0.15, 0.2) is 5.69 Å². The Morgan fingerprint density at radius 3 is 1.76 bits per heavy atom. The zero-order valence-corrected chi connectivity index (χ0v) is 23.0. The SMILES string of the molecule is [C-]#[N+]c1cc(C#N)cc(-n2c3ccc(-c4nc5ccccc5s4)cc3c3cc(-c4nc5ccccc5s4)ccc32)c1. The third-order valence-corrected chi connectivity index (χ3v) is 9.44. The molecule has 3 heterocycles. The molecule has 8 rings (SSSR count). The molecule has 3 aromatic heterocycles. The maximum absolute atomic E-state index is 9.68. The van der Waals surface area contributed by atoms with Gasteiger partial charge in [-0.1, -0.05) is 24.3 Å². The van der Waals surface area contributed by atoms with Crippen molar-refractivity contribution in [3.05, 3.63) is 120 Å². The van der Waals surface area contributed by atoms with Crippen molar-refractivity contribution in [1.29, 1.82) is 5.26 Å². The Labute approximate surface area is 242 Å². The topological polar surface area (TPSA) is 58.9 Å². The average Bonchev–Trinajstić information content (AvgIpc) is 3.73. The van der Waals surface area contributed by atoms with Gasteiger partial charge in [-0.2, -0.15) is 5.26 Å². The van der Waals surface area contributed by atoms with Crippen LogP contribution in [-0.4, -0.2) is 14.5 Å². The summed E-state index contributed by atoms with van der Waals surface area (Å²) in [6.07, 6.45) is 0. The van der Waals surface area contributed by atoms with Crippen molar-refractivity contribution in [1.82, 2.24) is 14.5 Å². The second-order valence-corrected chi connectivity index (χ2v) is 11.8. The summed E-state index contributed by atoms with van der Waals surface area (Å²) in [5.74, 6) is 0. The van der Waals surface area contributed by atoms with Crippen LogP contribution in [0.25, 0.3) is 73.9 Å². The number of hydrogen-bond donors (Lipinski definition) is 0. The Balaban J connectivity index is 1.41. The molecule has 8 aromatic rings. The minimum Gasteiger partial charge on any atom is -0.310 e. The number of hydrogen-bond acceptors (Lipinski definition) is 5. The molecule has 0 fully saturated rings. The van der Waals surface area contributed by atoms with E-state index in [2.05, 4.69) is 64.0 Å². The molecule has 0 spiro atoms. The number of thiazole rings is 2. The van der Waals surface area contributed by atoms with Crippen molar-refractivity contribution in [2.45, 2.75) is 0 Å². The molecule has 0 saturated heterocycles. The Hall–Kier alpha value is -5.34. The van der Waals surface area contributed by atoms with Gasteiger partial charge in [-0.3, -0.25) is 0 Å². The van der Waals surface area contributed by atoms with Crippen LogP contribution < -0.4 is 0 Å². The maximum atomic E-state index is 9.68. The van der Waals surface area contributed by atoms with Crippen LogP contribution >= 0.6 is 22.7 Å². The number of benzene rings is 5. The van der Waals surface area contributed by atoms with Crippen molar-refractivity contribution in [3.8, 4) is 32.9 Å². The first-order valence-corrected chi connectivity index (χ1v) is 14.5. The van der Waals surface area contributed by atoms with E-state index in [1.54, 1.807) is 28.7 Å². The van der Waals surface area contributed by atoms with Gasteiger partial charge >= 0.3 is 0 Å². The lowest BCUT2D eigenvalue weighted by Gasteiger charge is -2.09. The molecular formula is C34H17N5S2. The van der Waals surface area contributed by atoms with Gasteiger partial charge in [-0.15, -0.1) is 22.7 Å². The summed E-state index contributed by atoms with van der Waals surface area (Å²) in [6.45, 7) is 7.60. The van der Waals surface area contributed by atoms with Crippen molar-refractivity contribution in [2.24, 2.45) is 0 Å². The van der Waals surface area contributed by atoms with E-state index < -0.39 is 0 Å². The number of fused-ring (bicyclic) bond motifs is 5. The number of rotatable bonds is 3. The number of nitrogens with zero attached hydrogens (tertiary/aromatic N) is 5. The smallest absolute Gasteiger partial charge is 0.190 e. The van der Waals surface area contributed by atoms with Crippen molar-refractivity contribution >= 4 is 70.6 Å². The highest BCUT2D eigenvalue weighted by Gasteiger charge is 2.17. The second-order valence-electron chi connectivity index (χ2n) is 9.73. The molecule has 190 valence electrons. The summed E-state index contributed by atoms with van der Waals surface area (Å²) in [4.78, 5) is 13.4. The normalized spacial score (nSPS) is 11.4. The van der Waals surface area contributed by atoms with E-state index in [0.29, 0.717) is 11.3 Å². The first kappa shape index (κ1) is 23.5. The van der Waals surface area contributed by atoms with Crippen LogP contribution in [0.1, 0.15) is 5.56 Å². The van der Waals surface area contributed by atoms with Crippen LogP contribution in [0.3, 0.4) is 0 Å². The van der Waals surface area contributed by atoms with Crippen LogP contribution in [0.4, 0.5) is 5.69 Å². The molecule has 7 heteroatoms. The highest BCUT2D eigenvalue weighted by molar-refractivity contribution is 7.22. The second kappa shape index (κ2) is 9.11. The van der Waals surface area contributed by atoms with E-state index >= 15 is 0 Å². The van der Waals surface area contributed by atoms with Gasteiger partial charge in [-0.25, -0.2) is 14.8 Å². The highest BCUT2D eigenvalue weighted by Crippen LogP contribution is 2.40. The molecule has 0 aliphatic carbocycles. The largest absolute Gasteiger partial charge is 0.310 e. The molecule has 0 N–H and O–H groups in total. The zero-order valence-electron chi connectivity index (χ0n) is 21.4. The van der Waals surface area contributed by atoms with Crippen molar-refractivity contribution in [3.63, 3.8) is 0 Å². The standard InChI is InChI=1S/C34H17N5S2/c1-36-23-14-20(19-35)15-24(18-23)39-29-12-10-21(33-37-27-6-2-4-8-31(27)40-33)16-25(29)26-17-22(11-13-30(26)39)34-38-28-7-3-5-9-32(28)41-34/h2-18H. The average molecular weight is 560 g/mol. The number of para-hydroxylation sites is 2. The van der Waals surface area contributed by atoms with Gasteiger partial charge in [0.1, 0.15) is 10.0 Å². The minimum atomic E-state index is 0.436. The van der Waals surface area contributed by atoms with E-state index in [0.717, 1.165) is 69.1 Å². The van der Waals surface area contributed by atoms with E-state index in [-0.39, 0.29) is 0 Å². The third-order valence-electron chi connectivity index (χ3n) is 7.27. The van der Waals surface area contributed by atoms with Gasteiger partial charge in [0.2, 0.25) is 0 Å². The summed E-state index contributed by atoms with van der Waals surface area (Å²) in [5, 5.41) is 13.8. The molecule has 0 unspecified atom stereocenters. The Morgan fingerprint density at radius 1 is 0.683 bits per heavy atom. The van der Waals surface area contributed by atoms with Gasteiger partial charge in [-0.05, 0) is 78.9 Å². The van der Waals surface area contributed by atoms with Crippen LogP contribution in [0.15, 0.2) is 103 Å². The van der Waals surface area contributed by atoms with Crippen molar-refractivity contribution < 1.29 is 0 Å². The molecule has 0 radical (unpaired) electrons. The third kappa shape index (κ3) is 3.80. The monoisotopic (exact) mass is 559 g/mol. The molecule has 0 aliphatic heterocycles. The summed E-state index contributed by atoms with van der Waals surface area (Å²) in [5.41, 5.74) is 7.77. The quantitative estimate of drug-likeness (QED) is 0.202. The van der Waals surface area contributed by atoms with E-state index in [4.69, 9.17) is 16.5 Å². The number of aromatic nitrogens is 3. The van der Waals surface area contributed by atoms with Gasteiger partial charge in [0.25, 0.3) is 0 Å². The lowest BCUT2D eigenvalue weighted by Crippen LogP contribution is -1.94. The molecule has 0 aliphatic rings. The van der Waals surface area contributed by atoms with Crippen LogP contribution in [-0.2, 0) is 0 Å². The van der Waals surface area contributed by atoms with E-state index in [1.165, 1.54) is 0 Å². The molecule has 5 aromatic carbocycles. The predicted octanol–water partition coefficient (Wildman–Crippen LogP) is 9.76. The Kier molecular flexibility index (Phi) is 5.23. The van der Waals surface area contributed by atoms with Gasteiger partial charge in [0, 0.05) is 33.2 Å². The minimum absolute atomic E-state index is 0.436. The fourth-order valence-corrected chi connectivity index (χ4v) is 7.34. The first-order valence-electron chi connectivity index (χ1n) is 12.9. The summed E-state index contributed by atoms with van der Waals surface area (Å²) in [6, 6.07) is 36.8. The molecule has 0 amide bonds. The summed E-state index contributed by atoms with van der Waals surface area (Å²) < 4.78 is 4.45. The van der Waals surface area contributed by atoms with E-state index in [1.807, 2.05) is 48.5 Å². The lowest BCUT2D eigenvalue weighted by molar-refractivity contribution is 1.18. The molecular weight excluding hydrogens is 543 g/mol. The molecule has 41 heavy (non-hydrogen) atoms. The molecule has 0 bridgehead atoms. The fraction of sp³-hybridized carbons (Fsp3) is 0. The first-order chi connectivity index (χ1) is 20.2. The molecule has 0 saturated carbocycles. The van der Waals surface area contributed by atoms with Gasteiger partial charge < -0.3 is 4.57 Å². The predicted molar refractivity (Wildman–Crippen MR) is 169 cm³/mol. The molecule has 5 nitrogen and oxygen atoms in total. The summed E-state index contributed by atoms with van der Waals surface area (Å²) in [7, 11) is 0. The zero-order chi connectivity index (χ0) is 27.5. The fourth-order valence-electron chi connectivity index (χ4n) is 5.41. The Morgan fingerprint density at radius 2 is 1.24 bits per heavy atom. The maximum Gasteiger partial charge on any atom is 0.190 e. The van der Waals surface area contributed by atoms with Crippen LogP contribution in [0, 0.1) is 17.9 Å². The Bertz CT molecular complexity index is 2180. The van der Waals surface area contributed by atoms with Crippen LogP contribution in [0.5, 0.6) is 0 Å². The van der Waals surface area contributed by atoms with Gasteiger partial charge in [0.05, 0.1) is 44.1 Å².